The Balaban J connectivity index is 2.60. The minimum Gasteiger partial charge on any atom is -0.481 e. The zero-order chi connectivity index (χ0) is 14.4. The summed E-state index contributed by atoms with van der Waals surface area (Å²) >= 11 is 0. The Hall–Kier alpha value is -1.51. The van der Waals surface area contributed by atoms with Crippen LogP contribution >= 0.6 is 0 Å². The number of hydrogen-bond acceptors (Lipinski definition) is 2. The van der Waals surface area contributed by atoms with Crippen LogP contribution in [0.25, 0.3) is 0 Å². The second-order valence-corrected chi connectivity index (χ2v) is 5.30. The van der Waals surface area contributed by atoms with Crippen molar-refractivity contribution in [3.63, 3.8) is 0 Å². The Morgan fingerprint density at radius 1 is 1.16 bits per heavy atom. The van der Waals surface area contributed by atoms with Gasteiger partial charge in [0.1, 0.15) is 5.75 Å². The number of hydrogen-bond donors (Lipinski definition) is 1. The van der Waals surface area contributed by atoms with Crippen molar-refractivity contribution in [2.45, 2.75) is 59.1 Å². The predicted octanol–water partition coefficient (Wildman–Crippen LogP) is 3.49. The Bertz CT molecular complexity index is 398. The third-order valence-corrected chi connectivity index (χ3v) is 3.17. The Morgan fingerprint density at radius 2 is 1.74 bits per heavy atom. The minimum absolute atomic E-state index is 0.0824. The van der Waals surface area contributed by atoms with E-state index in [1.54, 1.807) is 6.92 Å². The molecule has 0 fully saturated rings. The van der Waals surface area contributed by atoms with Crippen molar-refractivity contribution in [2.75, 3.05) is 0 Å². The van der Waals surface area contributed by atoms with Gasteiger partial charge < -0.3 is 10.1 Å². The molecule has 1 amide bonds. The van der Waals surface area contributed by atoms with E-state index in [9.17, 15) is 4.79 Å². The maximum Gasteiger partial charge on any atom is 0.260 e. The molecule has 0 aromatic heterocycles. The third kappa shape index (κ3) is 4.93. The molecule has 2 unspecified atom stereocenters. The molecule has 0 saturated heterocycles. The van der Waals surface area contributed by atoms with Gasteiger partial charge in [0.05, 0.1) is 0 Å². The van der Waals surface area contributed by atoms with Gasteiger partial charge in [-0.05, 0) is 50.8 Å². The van der Waals surface area contributed by atoms with Crippen LogP contribution in [0, 0.1) is 0 Å². The van der Waals surface area contributed by atoms with E-state index >= 15 is 0 Å². The van der Waals surface area contributed by atoms with Crippen molar-refractivity contribution in [1.29, 1.82) is 0 Å². The number of benzene rings is 1. The summed E-state index contributed by atoms with van der Waals surface area (Å²) in [7, 11) is 0. The van der Waals surface area contributed by atoms with Crippen LogP contribution in [0.1, 0.15) is 52.5 Å². The zero-order valence-electron chi connectivity index (χ0n) is 12.6. The SMILES string of the molecule is CCC(C)c1ccc(OC(C)C(=O)NC(C)C)cc1. The van der Waals surface area contributed by atoms with E-state index in [2.05, 4.69) is 31.3 Å². The average molecular weight is 263 g/mol. The molecule has 1 rings (SSSR count). The number of rotatable bonds is 6. The molecule has 19 heavy (non-hydrogen) atoms. The molecular weight excluding hydrogens is 238 g/mol. The molecule has 0 aliphatic rings. The first-order valence-corrected chi connectivity index (χ1v) is 7.01. The fraction of sp³-hybridized carbons (Fsp3) is 0.562. The van der Waals surface area contributed by atoms with Crippen molar-refractivity contribution in [3.8, 4) is 5.75 Å². The van der Waals surface area contributed by atoms with Crippen molar-refractivity contribution >= 4 is 5.91 Å². The highest BCUT2D eigenvalue weighted by Crippen LogP contribution is 2.22. The quantitative estimate of drug-likeness (QED) is 0.853. The van der Waals surface area contributed by atoms with Crippen LogP contribution in [0.4, 0.5) is 0 Å². The lowest BCUT2D eigenvalue weighted by atomic mass is 9.99. The molecule has 2 atom stereocenters. The van der Waals surface area contributed by atoms with Gasteiger partial charge in [-0.3, -0.25) is 4.79 Å². The summed E-state index contributed by atoms with van der Waals surface area (Å²) in [4.78, 5) is 11.7. The summed E-state index contributed by atoms with van der Waals surface area (Å²) in [6.45, 7) is 10.0. The van der Waals surface area contributed by atoms with Gasteiger partial charge in [0.2, 0.25) is 0 Å². The molecular formula is C16H25NO2. The third-order valence-electron chi connectivity index (χ3n) is 3.17. The highest BCUT2D eigenvalue weighted by Gasteiger charge is 2.15. The largest absolute Gasteiger partial charge is 0.481 e. The smallest absolute Gasteiger partial charge is 0.260 e. The standard InChI is InChI=1S/C16H25NO2/c1-6-12(4)14-7-9-15(10-8-14)19-13(5)16(18)17-11(2)3/h7-13H,6H2,1-5H3,(H,17,18). The lowest BCUT2D eigenvalue weighted by molar-refractivity contribution is -0.127. The summed E-state index contributed by atoms with van der Waals surface area (Å²) < 4.78 is 5.63. The van der Waals surface area contributed by atoms with Gasteiger partial charge in [0.25, 0.3) is 5.91 Å². The normalized spacial score (nSPS) is 14.0. The molecule has 106 valence electrons. The van der Waals surface area contributed by atoms with Gasteiger partial charge in [-0.2, -0.15) is 0 Å². The molecule has 0 aliphatic carbocycles. The van der Waals surface area contributed by atoms with Crippen LogP contribution in [0.15, 0.2) is 24.3 Å². The molecule has 0 radical (unpaired) electrons. The molecule has 3 nitrogen and oxygen atoms in total. The van der Waals surface area contributed by atoms with E-state index in [4.69, 9.17) is 4.74 Å². The number of ether oxygens (including phenoxy) is 1. The predicted molar refractivity (Wildman–Crippen MR) is 78.5 cm³/mol. The van der Waals surface area contributed by atoms with E-state index in [1.807, 2.05) is 26.0 Å². The summed E-state index contributed by atoms with van der Waals surface area (Å²) in [5.41, 5.74) is 1.30. The second-order valence-electron chi connectivity index (χ2n) is 5.30. The Morgan fingerprint density at radius 3 is 2.21 bits per heavy atom. The fourth-order valence-electron chi connectivity index (χ4n) is 1.77. The molecule has 1 aromatic carbocycles. The van der Waals surface area contributed by atoms with Crippen molar-refractivity contribution in [1.82, 2.24) is 5.32 Å². The number of carbonyl (C=O) groups is 1. The molecule has 0 spiro atoms. The van der Waals surface area contributed by atoms with Crippen LogP contribution in [-0.2, 0) is 4.79 Å². The summed E-state index contributed by atoms with van der Waals surface area (Å²) in [5.74, 6) is 1.20. The highest BCUT2D eigenvalue weighted by atomic mass is 16.5. The van der Waals surface area contributed by atoms with E-state index < -0.39 is 6.10 Å². The van der Waals surface area contributed by atoms with E-state index in [0.717, 1.165) is 12.2 Å². The van der Waals surface area contributed by atoms with E-state index in [1.165, 1.54) is 5.56 Å². The Kier molecular flexibility index (Phi) is 5.87. The Labute approximate surface area is 116 Å². The molecule has 3 heteroatoms. The summed E-state index contributed by atoms with van der Waals surface area (Å²) in [6.07, 6.45) is 0.643. The molecule has 1 aromatic rings. The van der Waals surface area contributed by atoms with Crippen LogP contribution in [-0.4, -0.2) is 18.1 Å². The highest BCUT2D eigenvalue weighted by molar-refractivity contribution is 5.80. The van der Waals surface area contributed by atoms with Crippen LogP contribution in [0.2, 0.25) is 0 Å². The number of amides is 1. The summed E-state index contributed by atoms with van der Waals surface area (Å²) in [6, 6.07) is 8.13. The first-order chi connectivity index (χ1) is 8.93. The molecule has 1 N–H and O–H groups in total. The maximum atomic E-state index is 11.7. The van der Waals surface area contributed by atoms with Crippen molar-refractivity contribution < 1.29 is 9.53 Å². The molecule has 0 saturated carbocycles. The molecule has 0 bridgehead atoms. The first kappa shape index (κ1) is 15.5. The average Bonchev–Trinajstić information content (AvgIpc) is 2.37. The lowest BCUT2D eigenvalue weighted by Gasteiger charge is -2.17. The fourth-order valence-corrected chi connectivity index (χ4v) is 1.77. The topological polar surface area (TPSA) is 38.3 Å². The van der Waals surface area contributed by atoms with Gasteiger partial charge in [0.15, 0.2) is 6.10 Å². The molecule has 0 heterocycles. The van der Waals surface area contributed by atoms with Crippen molar-refractivity contribution in [3.05, 3.63) is 29.8 Å². The number of carbonyl (C=O) groups excluding carboxylic acids is 1. The number of nitrogens with one attached hydrogen (secondary N) is 1. The molecule has 0 aliphatic heterocycles. The zero-order valence-corrected chi connectivity index (χ0v) is 12.6. The lowest BCUT2D eigenvalue weighted by Crippen LogP contribution is -2.40. The van der Waals surface area contributed by atoms with Crippen LogP contribution < -0.4 is 10.1 Å². The van der Waals surface area contributed by atoms with Crippen LogP contribution in [0.5, 0.6) is 5.75 Å². The van der Waals surface area contributed by atoms with Crippen molar-refractivity contribution in [2.24, 2.45) is 0 Å². The second kappa shape index (κ2) is 7.17. The van der Waals surface area contributed by atoms with E-state index in [0.29, 0.717) is 5.92 Å². The van der Waals surface area contributed by atoms with Gasteiger partial charge in [-0.25, -0.2) is 0 Å². The minimum atomic E-state index is -0.475. The van der Waals surface area contributed by atoms with Crippen LogP contribution in [0.3, 0.4) is 0 Å². The van der Waals surface area contributed by atoms with Gasteiger partial charge >= 0.3 is 0 Å². The van der Waals surface area contributed by atoms with E-state index in [-0.39, 0.29) is 11.9 Å². The van der Waals surface area contributed by atoms with Gasteiger partial charge in [-0.1, -0.05) is 26.0 Å². The maximum absolute atomic E-state index is 11.7. The first-order valence-electron chi connectivity index (χ1n) is 7.01. The van der Waals surface area contributed by atoms with Gasteiger partial charge in [-0.15, -0.1) is 0 Å². The monoisotopic (exact) mass is 263 g/mol. The van der Waals surface area contributed by atoms with Gasteiger partial charge in [0, 0.05) is 6.04 Å². The summed E-state index contributed by atoms with van der Waals surface area (Å²) in [5, 5.41) is 2.84.